The molecule has 110 valence electrons. The maximum Gasteiger partial charge on any atom is 0.391 e. The third-order valence-corrected chi connectivity index (χ3v) is 4.06. The zero-order valence-corrected chi connectivity index (χ0v) is 10.7. The molecule has 0 bridgehead atoms. The molecule has 0 aromatic heterocycles. The van der Waals surface area contributed by atoms with Gasteiger partial charge in [0, 0.05) is 26.3 Å². The molecule has 0 aromatic carbocycles. The molecule has 19 heavy (non-hydrogen) atoms. The van der Waals surface area contributed by atoms with Crippen molar-refractivity contribution in [3.05, 3.63) is 0 Å². The van der Waals surface area contributed by atoms with Gasteiger partial charge in [-0.3, -0.25) is 4.79 Å². The molecule has 0 aliphatic carbocycles. The van der Waals surface area contributed by atoms with Crippen LogP contribution in [0.2, 0.25) is 0 Å². The first-order valence-electron chi connectivity index (χ1n) is 6.56. The summed E-state index contributed by atoms with van der Waals surface area (Å²) in [7, 11) is 0. The number of likely N-dealkylation sites (tertiary alicyclic amines) is 1. The lowest BCUT2D eigenvalue weighted by Gasteiger charge is -2.40. The van der Waals surface area contributed by atoms with Gasteiger partial charge in [0.2, 0.25) is 5.91 Å². The Morgan fingerprint density at radius 2 is 1.74 bits per heavy atom. The number of halogens is 3. The van der Waals surface area contributed by atoms with Crippen LogP contribution in [-0.2, 0) is 9.53 Å². The summed E-state index contributed by atoms with van der Waals surface area (Å²) in [5, 5.41) is 0. The predicted molar refractivity (Wildman–Crippen MR) is 62.3 cm³/mol. The number of nitrogens with zero attached hydrogens (tertiary/aromatic N) is 1. The average Bonchev–Trinajstić information content (AvgIpc) is 2.38. The smallest absolute Gasteiger partial charge is 0.381 e. The lowest BCUT2D eigenvalue weighted by molar-refractivity contribution is -0.187. The molecule has 2 fully saturated rings. The Morgan fingerprint density at radius 1 is 1.21 bits per heavy atom. The predicted octanol–water partition coefficient (Wildman–Crippen LogP) is 1.30. The summed E-state index contributed by atoms with van der Waals surface area (Å²) in [5.74, 6) is -1.52. The number of hydrogen-bond acceptors (Lipinski definition) is 3. The first-order valence-corrected chi connectivity index (χ1v) is 6.56. The quantitative estimate of drug-likeness (QED) is 0.787. The van der Waals surface area contributed by atoms with Gasteiger partial charge in [0.05, 0.1) is 11.5 Å². The van der Waals surface area contributed by atoms with Crippen molar-refractivity contribution in [2.45, 2.75) is 37.4 Å². The molecular weight excluding hydrogens is 261 g/mol. The van der Waals surface area contributed by atoms with E-state index in [4.69, 9.17) is 10.5 Å². The molecule has 4 nitrogen and oxygen atoms in total. The van der Waals surface area contributed by atoms with Crippen LogP contribution in [0.3, 0.4) is 0 Å². The molecule has 0 spiro atoms. The third-order valence-electron chi connectivity index (χ3n) is 4.06. The van der Waals surface area contributed by atoms with Gasteiger partial charge in [-0.2, -0.15) is 13.2 Å². The minimum Gasteiger partial charge on any atom is -0.381 e. The number of alkyl halides is 3. The molecule has 2 heterocycles. The molecule has 0 radical (unpaired) electrons. The Labute approximate surface area is 110 Å². The Kier molecular flexibility index (Phi) is 4.06. The first kappa shape index (κ1) is 14.6. The highest BCUT2D eigenvalue weighted by Gasteiger charge is 2.44. The number of amides is 1. The summed E-state index contributed by atoms with van der Waals surface area (Å²) in [4.78, 5) is 13.8. The molecule has 2 aliphatic rings. The maximum absolute atomic E-state index is 12.6. The average molecular weight is 280 g/mol. The number of carbonyl (C=O) groups excluding carboxylic acids is 1. The van der Waals surface area contributed by atoms with Gasteiger partial charge < -0.3 is 15.4 Å². The van der Waals surface area contributed by atoms with E-state index in [1.54, 1.807) is 0 Å². The van der Waals surface area contributed by atoms with Crippen LogP contribution in [0.1, 0.15) is 25.7 Å². The van der Waals surface area contributed by atoms with Crippen LogP contribution in [0.25, 0.3) is 0 Å². The highest BCUT2D eigenvalue weighted by atomic mass is 19.4. The molecule has 2 N–H and O–H groups in total. The molecule has 0 unspecified atom stereocenters. The standard InChI is InChI=1S/C12H19F3N2O2/c13-12(14,15)9-1-5-17(6-2-9)10(18)11(16)3-7-19-8-4-11/h9H,1-8,16H2. The van der Waals surface area contributed by atoms with E-state index < -0.39 is 17.6 Å². The first-order chi connectivity index (χ1) is 8.83. The molecule has 2 rings (SSSR count). The van der Waals surface area contributed by atoms with Crippen LogP contribution in [0, 0.1) is 5.92 Å². The topological polar surface area (TPSA) is 55.6 Å². The monoisotopic (exact) mass is 280 g/mol. The number of carbonyl (C=O) groups is 1. The molecule has 2 saturated heterocycles. The fraction of sp³-hybridized carbons (Fsp3) is 0.917. The molecular formula is C12H19F3N2O2. The van der Waals surface area contributed by atoms with Crippen molar-refractivity contribution in [2.75, 3.05) is 26.3 Å². The van der Waals surface area contributed by atoms with E-state index in [1.165, 1.54) is 4.90 Å². The van der Waals surface area contributed by atoms with E-state index in [0.29, 0.717) is 26.1 Å². The lowest BCUT2D eigenvalue weighted by atomic mass is 9.88. The summed E-state index contributed by atoms with van der Waals surface area (Å²) in [5.41, 5.74) is 5.11. The van der Waals surface area contributed by atoms with Gasteiger partial charge in [-0.05, 0) is 25.7 Å². The Morgan fingerprint density at radius 3 is 2.21 bits per heavy atom. The summed E-state index contributed by atoms with van der Waals surface area (Å²) >= 11 is 0. The van der Waals surface area contributed by atoms with Crippen molar-refractivity contribution in [1.82, 2.24) is 4.90 Å². The fourth-order valence-electron chi connectivity index (χ4n) is 2.67. The molecule has 1 amide bonds. The van der Waals surface area contributed by atoms with Crippen molar-refractivity contribution in [3.63, 3.8) is 0 Å². The van der Waals surface area contributed by atoms with Gasteiger partial charge in [-0.1, -0.05) is 0 Å². The van der Waals surface area contributed by atoms with Gasteiger partial charge >= 0.3 is 6.18 Å². The highest BCUT2D eigenvalue weighted by molar-refractivity contribution is 5.86. The number of hydrogen-bond donors (Lipinski definition) is 1. The highest BCUT2D eigenvalue weighted by Crippen LogP contribution is 2.35. The maximum atomic E-state index is 12.6. The molecule has 0 aromatic rings. The normalized spacial score (nSPS) is 25.4. The number of nitrogens with two attached hydrogens (primary N) is 1. The van der Waals surface area contributed by atoms with E-state index in [9.17, 15) is 18.0 Å². The van der Waals surface area contributed by atoms with Crippen molar-refractivity contribution >= 4 is 5.91 Å². The third kappa shape index (κ3) is 3.20. The molecule has 0 saturated carbocycles. The summed E-state index contributed by atoms with van der Waals surface area (Å²) in [6.45, 7) is 1.15. The second-order valence-corrected chi connectivity index (χ2v) is 5.38. The zero-order chi connectivity index (χ0) is 14.1. The van der Waals surface area contributed by atoms with Gasteiger partial charge in [0.15, 0.2) is 0 Å². The van der Waals surface area contributed by atoms with Crippen LogP contribution >= 0.6 is 0 Å². The summed E-state index contributed by atoms with van der Waals surface area (Å²) in [6, 6.07) is 0. The number of piperidine rings is 1. The van der Waals surface area contributed by atoms with E-state index >= 15 is 0 Å². The number of rotatable bonds is 1. The van der Waals surface area contributed by atoms with E-state index in [-0.39, 0.29) is 31.8 Å². The Balaban J connectivity index is 1.92. The summed E-state index contributed by atoms with van der Waals surface area (Å²) < 4.78 is 42.8. The van der Waals surface area contributed by atoms with Crippen molar-refractivity contribution in [3.8, 4) is 0 Å². The van der Waals surface area contributed by atoms with Gasteiger partial charge in [0.1, 0.15) is 0 Å². The minimum atomic E-state index is -4.16. The largest absolute Gasteiger partial charge is 0.391 e. The van der Waals surface area contributed by atoms with E-state index in [2.05, 4.69) is 0 Å². The summed E-state index contributed by atoms with van der Waals surface area (Å²) in [6.07, 6.45) is -3.34. The van der Waals surface area contributed by atoms with Crippen LogP contribution < -0.4 is 5.73 Å². The van der Waals surface area contributed by atoms with Crippen molar-refractivity contribution in [2.24, 2.45) is 11.7 Å². The second kappa shape index (κ2) is 5.28. The lowest BCUT2D eigenvalue weighted by Crippen LogP contribution is -2.59. The molecule has 0 atom stereocenters. The Bertz CT molecular complexity index is 332. The number of ether oxygens (including phenoxy) is 1. The van der Waals surface area contributed by atoms with E-state index in [0.717, 1.165) is 0 Å². The van der Waals surface area contributed by atoms with E-state index in [1.807, 2.05) is 0 Å². The van der Waals surface area contributed by atoms with Crippen LogP contribution in [0.5, 0.6) is 0 Å². The van der Waals surface area contributed by atoms with Crippen LogP contribution in [0.4, 0.5) is 13.2 Å². The zero-order valence-electron chi connectivity index (χ0n) is 10.7. The minimum absolute atomic E-state index is 0.0260. The van der Waals surface area contributed by atoms with Crippen LogP contribution in [0.15, 0.2) is 0 Å². The second-order valence-electron chi connectivity index (χ2n) is 5.38. The van der Waals surface area contributed by atoms with Crippen molar-refractivity contribution < 1.29 is 22.7 Å². The van der Waals surface area contributed by atoms with Crippen molar-refractivity contribution in [1.29, 1.82) is 0 Å². The van der Waals surface area contributed by atoms with Gasteiger partial charge in [0.25, 0.3) is 0 Å². The van der Waals surface area contributed by atoms with Gasteiger partial charge in [-0.25, -0.2) is 0 Å². The van der Waals surface area contributed by atoms with Gasteiger partial charge in [-0.15, -0.1) is 0 Å². The Hall–Kier alpha value is -0.820. The SMILES string of the molecule is NC1(C(=O)N2CCC(C(F)(F)F)CC2)CCOCC1. The fourth-order valence-corrected chi connectivity index (χ4v) is 2.67. The molecule has 7 heteroatoms. The van der Waals surface area contributed by atoms with Crippen LogP contribution in [-0.4, -0.2) is 48.8 Å². The molecule has 2 aliphatic heterocycles.